The highest BCUT2D eigenvalue weighted by atomic mass is 35.5. The zero-order chi connectivity index (χ0) is 28.5. The number of carbonyl (C=O) groups excluding carboxylic acids is 2. The molecule has 3 atom stereocenters. The van der Waals surface area contributed by atoms with Crippen LogP contribution in [-0.4, -0.2) is 61.9 Å². The molecular formula is C24H24Cl2F3N7O3. The molecule has 10 nitrogen and oxygen atoms in total. The molecule has 39 heavy (non-hydrogen) atoms. The van der Waals surface area contributed by atoms with Crippen LogP contribution in [0.1, 0.15) is 48.6 Å². The van der Waals surface area contributed by atoms with Crippen LogP contribution in [0.3, 0.4) is 0 Å². The van der Waals surface area contributed by atoms with Crippen molar-refractivity contribution >= 4 is 40.8 Å². The first-order valence-corrected chi connectivity index (χ1v) is 12.5. The second-order valence-corrected chi connectivity index (χ2v) is 9.85. The van der Waals surface area contributed by atoms with E-state index in [9.17, 15) is 22.8 Å². The van der Waals surface area contributed by atoms with Gasteiger partial charge in [0.15, 0.2) is 11.6 Å². The van der Waals surface area contributed by atoms with Crippen molar-refractivity contribution < 1.29 is 27.5 Å². The summed E-state index contributed by atoms with van der Waals surface area (Å²) in [5.74, 6) is 0.453. The Morgan fingerprint density at radius 3 is 2.41 bits per heavy atom. The molecule has 2 aromatic heterocycles. The Bertz CT molecular complexity index is 1360. The number of halogens is 5. The maximum atomic E-state index is 13.2. The lowest BCUT2D eigenvalue weighted by atomic mass is 10.2. The summed E-state index contributed by atoms with van der Waals surface area (Å²) >= 11 is 11.6. The number of rotatable bonds is 5. The summed E-state index contributed by atoms with van der Waals surface area (Å²) in [4.78, 5) is 35.7. The van der Waals surface area contributed by atoms with E-state index in [1.165, 1.54) is 17.2 Å². The summed E-state index contributed by atoms with van der Waals surface area (Å²) < 4.78 is 46.6. The minimum absolute atomic E-state index is 0.0729. The second kappa shape index (κ2) is 11.4. The van der Waals surface area contributed by atoms with E-state index in [0.29, 0.717) is 30.5 Å². The number of carbonyl (C=O) groups is 2. The zero-order valence-electron chi connectivity index (χ0n) is 21.0. The quantitative estimate of drug-likeness (QED) is 0.429. The number of nitrogens with zero attached hydrogens (tertiary/aromatic N) is 5. The third-order valence-corrected chi connectivity index (χ3v) is 6.46. The minimum Gasteiger partial charge on any atom is -0.372 e. The van der Waals surface area contributed by atoms with E-state index < -0.39 is 28.8 Å². The van der Waals surface area contributed by atoms with Crippen molar-refractivity contribution in [3.05, 3.63) is 63.8 Å². The molecule has 208 valence electrons. The summed E-state index contributed by atoms with van der Waals surface area (Å²) in [5.41, 5.74) is -1.02. The van der Waals surface area contributed by atoms with Gasteiger partial charge in [0.25, 0.3) is 5.91 Å². The van der Waals surface area contributed by atoms with E-state index >= 15 is 0 Å². The van der Waals surface area contributed by atoms with Crippen LogP contribution in [0.4, 0.5) is 23.7 Å². The van der Waals surface area contributed by atoms with Gasteiger partial charge in [0.2, 0.25) is 0 Å². The number of alkyl halides is 3. The van der Waals surface area contributed by atoms with E-state index in [0.717, 1.165) is 6.07 Å². The van der Waals surface area contributed by atoms with Crippen molar-refractivity contribution in [2.45, 2.75) is 45.2 Å². The van der Waals surface area contributed by atoms with Gasteiger partial charge in [-0.2, -0.15) is 23.0 Å². The fourth-order valence-corrected chi connectivity index (χ4v) is 4.71. The number of aromatic nitrogens is 4. The third kappa shape index (κ3) is 6.60. The van der Waals surface area contributed by atoms with Crippen molar-refractivity contribution in [1.29, 1.82) is 0 Å². The van der Waals surface area contributed by atoms with Crippen molar-refractivity contribution in [2.24, 2.45) is 0 Å². The molecule has 1 unspecified atom stereocenters. The first-order chi connectivity index (χ1) is 18.3. The molecule has 0 aliphatic carbocycles. The lowest BCUT2D eigenvalue weighted by molar-refractivity contribution is -0.137. The standard InChI is InChI=1S/C24H24Cl2F3N7O3/c1-12-9-35(10-13(2)39-12)22(37)15-4-5-20(30-8-15)36-21(31-11-32-36)14(3)33-23(38)34-19-6-16(24(27,28)29)17(25)7-18(19)26/h4-8,11-14H,9-10H2,1-3H3,(H2,33,34,38)/t12-,13+,14?. The molecule has 3 amide bonds. The highest BCUT2D eigenvalue weighted by molar-refractivity contribution is 6.37. The Kier molecular flexibility index (Phi) is 8.33. The number of pyridine rings is 1. The predicted octanol–water partition coefficient (Wildman–Crippen LogP) is 5.12. The molecule has 0 radical (unpaired) electrons. The van der Waals surface area contributed by atoms with E-state index in [-0.39, 0.29) is 34.6 Å². The number of nitrogens with one attached hydrogen (secondary N) is 2. The van der Waals surface area contributed by atoms with Crippen LogP contribution < -0.4 is 10.6 Å². The molecule has 1 aliphatic heterocycles. The number of hydrogen-bond acceptors (Lipinski definition) is 6. The number of ether oxygens (including phenoxy) is 1. The summed E-state index contributed by atoms with van der Waals surface area (Å²) in [6.45, 7) is 6.36. The molecule has 4 rings (SSSR count). The van der Waals surface area contributed by atoms with Crippen LogP contribution in [0.5, 0.6) is 0 Å². The van der Waals surface area contributed by atoms with Crippen molar-refractivity contribution in [3.63, 3.8) is 0 Å². The van der Waals surface area contributed by atoms with Gasteiger partial charge in [-0.05, 0) is 45.0 Å². The maximum Gasteiger partial charge on any atom is 0.417 e. The fourth-order valence-electron chi connectivity index (χ4n) is 4.17. The van der Waals surface area contributed by atoms with Crippen molar-refractivity contribution in [3.8, 4) is 5.82 Å². The summed E-state index contributed by atoms with van der Waals surface area (Å²) in [6, 6.07) is 3.19. The average Bonchev–Trinajstić information content (AvgIpc) is 3.34. The van der Waals surface area contributed by atoms with Gasteiger partial charge in [-0.25, -0.2) is 14.8 Å². The van der Waals surface area contributed by atoms with Gasteiger partial charge in [-0.15, -0.1) is 0 Å². The molecule has 3 heterocycles. The number of hydrogen-bond donors (Lipinski definition) is 2. The minimum atomic E-state index is -4.73. The summed E-state index contributed by atoms with van der Waals surface area (Å²) in [5, 5.41) is 8.26. The van der Waals surface area contributed by atoms with Gasteiger partial charge in [0.1, 0.15) is 6.33 Å². The molecule has 1 saturated heterocycles. The van der Waals surface area contributed by atoms with Gasteiger partial charge in [-0.1, -0.05) is 23.2 Å². The molecule has 1 aromatic carbocycles. The van der Waals surface area contributed by atoms with E-state index in [1.807, 2.05) is 13.8 Å². The normalized spacial score (nSPS) is 18.5. The highest BCUT2D eigenvalue weighted by Crippen LogP contribution is 2.39. The Morgan fingerprint density at radius 1 is 1.10 bits per heavy atom. The Balaban J connectivity index is 1.45. The van der Waals surface area contributed by atoms with Crippen LogP contribution in [0.2, 0.25) is 10.0 Å². The first-order valence-electron chi connectivity index (χ1n) is 11.8. The Morgan fingerprint density at radius 2 is 1.79 bits per heavy atom. The molecule has 2 N–H and O–H groups in total. The van der Waals surface area contributed by atoms with Gasteiger partial charge >= 0.3 is 12.2 Å². The Labute approximate surface area is 231 Å². The van der Waals surface area contributed by atoms with Crippen LogP contribution in [0.25, 0.3) is 5.82 Å². The average molecular weight is 586 g/mol. The molecule has 1 fully saturated rings. The second-order valence-electron chi connectivity index (χ2n) is 9.03. The van der Waals surface area contributed by atoms with Gasteiger partial charge in [0, 0.05) is 19.3 Å². The predicted molar refractivity (Wildman–Crippen MR) is 137 cm³/mol. The first kappa shape index (κ1) is 28.6. The molecule has 0 spiro atoms. The number of urea groups is 1. The molecular weight excluding hydrogens is 562 g/mol. The molecule has 1 aliphatic rings. The lowest BCUT2D eigenvalue weighted by Gasteiger charge is -2.35. The summed E-state index contributed by atoms with van der Waals surface area (Å²) in [6.07, 6.45) is -2.19. The highest BCUT2D eigenvalue weighted by Gasteiger charge is 2.34. The van der Waals surface area contributed by atoms with Gasteiger partial charge < -0.3 is 20.3 Å². The van der Waals surface area contributed by atoms with Crippen molar-refractivity contribution in [2.75, 3.05) is 18.4 Å². The van der Waals surface area contributed by atoms with Crippen LogP contribution in [-0.2, 0) is 10.9 Å². The number of amides is 3. The smallest absolute Gasteiger partial charge is 0.372 e. The fraction of sp³-hybridized carbons (Fsp3) is 0.375. The lowest BCUT2D eigenvalue weighted by Crippen LogP contribution is -2.48. The maximum absolute atomic E-state index is 13.2. The van der Waals surface area contributed by atoms with Gasteiger partial charge in [-0.3, -0.25) is 4.79 Å². The van der Waals surface area contributed by atoms with Crippen LogP contribution in [0, 0.1) is 0 Å². The van der Waals surface area contributed by atoms with Crippen LogP contribution in [0.15, 0.2) is 36.8 Å². The number of anilines is 1. The largest absolute Gasteiger partial charge is 0.417 e. The topological polar surface area (TPSA) is 114 Å². The zero-order valence-corrected chi connectivity index (χ0v) is 22.5. The molecule has 3 aromatic rings. The monoisotopic (exact) mass is 585 g/mol. The van der Waals surface area contributed by atoms with Crippen LogP contribution >= 0.6 is 23.2 Å². The molecule has 15 heteroatoms. The molecule has 0 saturated carbocycles. The third-order valence-electron chi connectivity index (χ3n) is 5.84. The SMILES string of the molecule is CC(NC(=O)Nc1cc(C(F)(F)F)c(Cl)cc1Cl)c1ncnn1-c1ccc(C(=O)N2C[C@@H](C)O[C@@H](C)C2)cn1. The van der Waals surface area contributed by atoms with Crippen molar-refractivity contribution in [1.82, 2.24) is 30.0 Å². The van der Waals surface area contributed by atoms with E-state index in [1.54, 1.807) is 24.0 Å². The Hall–Kier alpha value is -3.42. The molecule has 0 bridgehead atoms. The number of morpholine rings is 1. The number of benzene rings is 1. The van der Waals surface area contributed by atoms with E-state index in [4.69, 9.17) is 27.9 Å². The van der Waals surface area contributed by atoms with E-state index in [2.05, 4.69) is 25.7 Å². The van der Waals surface area contributed by atoms with Gasteiger partial charge in [0.05, 0.1) is 45.1 Å². The summed E-state index contributed by atoms with van der Waals surface area (Å²) in [7, 11) is 0.